The number of aromatic nitrogens is 1. The van der Waals surface area contributed by atoms with Crippen molar-refractivity contribution in [1.29, 1.82) is 0 Å². The Balaban J connectivity index is 2.03. The summed E-state index contributed by atoms with van der Waals surface area (Å²) in [5, 5.41) is 4.27. The minimum atomic E-state index is -0.552. The number of carbonyl (C=O) groups excluding carboxylic acids is 1. The van der Waals surface area contributed by atoms with Gasteiger partial charge in [0.2, 0.25) is 5.91 Å². The predicted octanol–water partition coefficient (Wildman–Crippen LogP) is 1.77. The first-order chi connectivity index (χ1) is 8.97. The van der Waals surface area contributed by atoms with Crippen LogP contribution in [0.2, 0.25) is 0 Å². The molecular formula is C13H21N3O2S. The largest absolute Gasteiger partial charge is 0.437 e. The van der Waals surface area contributed by atoms with Gasteiger partial charge in [0.1, 0.15) is 5.76 Å². The summed E-state index contributed by atoms with van der Waals surface area (Å²) in [7, 11) is 0. The van der Waals surface area contributed by atoms with Gasteiger partial charge >= 0.3 is 0 Å². The van der Waals surface area contributed by atoms with Gasteiger partial charge < -0.3 is 15.5 Å². The minimum absolute atomic E-state index is 0.253. The van der Waals surface area contributed by atoms with Gasteiger partial charge in [-0.15, -0.1) is 0 Å². The number of primary amides is 1. The van der Waals surface area contributed by atoms with Crippen LogP contribution in [0.1, 0.15) is 37.6 Å². The summed E-state index contributed by atoms with van der Waals surface area (Å²) in [5.74, 6) is 0.602. The number of nitrogens with two attached hydrogens (primary N) is 1. The molecule has 2 rings (SSSR count). The van der Waals surface area contributed by atoms with Crippen LogP contribution in [-0.4, -0.2) is 28.2 Å². The molecule has 1 saturated carbocycles. The van der Waals surface area contributed by atoms with Gasteiger partial charge in [-0.25, -0.2) is 4.98 Å². The van der Waals surface area contributed by atoms with Gasteiger partial charge in [-0.1, -0.05) is 18.7 Å². The molecule has 1 aliphatic rings. The van der Waals surface area contributed by atoms with Crippen molar-refractivity contribution >= 4 is 17.7 Å². The van der Waals surface area contributed by atoms with Gasteiger partial charge in [0.25, 0.3) is 5.22 Å². The molecule has 1 aliphatic carbocycles. The third-order valence-electron chi connectivity index (χ3n) is 3.73. The van der Waals surface area contributed by atoms with E-state index < -0.39 is 5.54 Å². The van der Waals surface area contributed by atoms with Crippen LogP contribution in [0.3, 0.4) is 0 Å². The average Bonchev–Trinajstić information content (AvgIpc) is 2.86. The van der Waals surface area contributed by atoms with Crippen molar-refractivity contribution in [2.24, 2.45) is 5.73 Å². The lowest BCUT2D eigenvalue weighted by Gasteiger charge is -2.26. The Bertz CT molecular complexity index is 455. The standard InChI is InChI=1S/C13H21N3O2S/c1-4-15-13(11(14)17)6-5-10(7-13)19-12-16-8(2)9(3)18-12/h10,15H,4-7H2,1-3H3,(H2,14,17). The molecule has 1 aromatic heterocycles. The number of hydrogen-bond donors (Lipinski definition) is 2. The van der Waals surface area contributed by atoms with E-state index in [4.69, 9.17) is 10.2 Å². The van der Waals surface area contributed by atoms with Crippen LogP contribution >= 0.6 is 11.8 Å². The molecule has 5 nitrogen and oxygen atoms in total. The molecular weight excluding hydrogens is 262 g/mol. The molecule has 2 unspecified atom stereocenters. The molecule has 106 valence electrons. The van der Waals surface area contributed by atoms with Crippen LogP contribution < -0.4 is 11.1 Å². The Labute approximate surface area is 117 Å². The van der Waals surface area contributed by atoms with Gasteiger partial charge in [-0.05, 0) is 39.7 Å². The first kappa shape index (κ1) is 14.4. The second-order valence-electron chi connectivity index (χ2n) is 5.08. The maximum absolute atomic E-state index is 11.7. The third kappa shape index (κ3) is 2.95. The van der Waals surface area contributed by atoms with E-state index in [1.807, 2.05) is 20.8 Å². The fraction of sp³-hybridized carbons (Fsp3) is 0.692. The zero-order chi connectivity index (χ0) is 14.0. The van der Waals surface area contributed by atoms with Crippen molar-refractivity contribution in [2.45, 2.75) is 56.0 Å². The third-order valence-corrected chi connectivity index (χ3v) is 4.84. The number of rotatable bonds is 5. The Morgan fingerprint density at radius 2 is 2.37 bits per heavy atom. The van der Waals surface area contributed by atoms with E-state index >= 15 is 0 Å². The molecule has 3 N–H and O–H groups in total. The highest BCUT2D eigenvalue weighted by atomic mass is 32.2. The number of nitrogens with zero attached hydrogens (tertiary/aromatic N) is 1. The number of hydrogen-bond acceptors (Lipinski definition) is 5. The van der Waals surface area contributed by atoms with Gasteiger partial charge in [0.15, 0.2) is 0 Å². The predicted molar refractivity (Wildman–Crippen MR) is 75.1 cm³/mol. The molecule has 1 aromatic rings. The number of aryl methyl sites for hydroxylation is 2. The van der Waals surface area contributed by atoms with Crippen molar-refractivity contribution in [3.05, 3.63) is 11.5 Å². The number of nitrogens with one attached hydrogen (secondary N) is 1. The van der Waals surface area contributed by atoms with E-state index in [-0.39, 0.29) is 5.91 Å². The molecule has 0 radical (unpaired) electrons. The van der Waals surface area contributed by atoms with Crippen LogP contribution in [0.15, 0.2) is 9.64 Å². The second-order valence-corrected chi connectivity index (χ2v) is 6.33. The van der Waals surface area contributed by atoms with E-state index in [1.165, 1.54) is 0 Å². The van der Waals surface area contributed by atoms with Gasteiger partial charge in [-0.3, -0.25) is 4.79 Å². The fourth-order valence-electron chi connectivity index (χ4n) is 2.55. The van der Waals surface area contributed by atoms with Crippen LogP contribution in [0.4, 0.5) is 0 Å². The monoisotopic (exact) mass is 283 g/mol. The first-order valence-electron chi connectivity index (χ1n) is 6.62. The molecule has 1 fully saturated rings. The van der Waals surface area contributed by atoms with Gasteiger partial charge in [0, 0.05) is 5.25 Å². The van der Waals surface area contributed by atoms with E-state index in [1.54, 1.807) is 11.8 Å². The normalized spacial score (nSPS) is 26.8. The van der Waals surface area contributed by atoms with Crippen LogP contribution in [-0.2, 0) is 4.79 Å². The maximum Gasteiger partial charge on any atom is 0.256 e. The Kier molecular flexibility index (Phi) is 4.20. The lowest BCUT2D eigenvalue weighted by molar-refractivity contribution is -0.124. The summed E-state index contributed by atoms with van der Waals surface area (Å²) in [4.78, 5) is 16.1. The van der Waals surface area contributed by atoms with Crippen molar-refractivity contribution in [3.8, 4) is 0 Å². The highest BCUT2D eigenvalue weighted by Crippen LogP contribution is 2.40. The van der Waals surface area contributed by atoms with Crippen molar-refractivity contribution < 1.29 is 9.21 Å². The molecule has 0 saturated heterocycles. The molecule has 1 heterocycles. The van der Waals surface area contributed by atoms with Gasteiger partial charge in [-0.2, -0.15) is 0 Å². The van der Waals surface area contributed by atoms with Crippen LogP contribution in [0.5, 0.6) is 0 Å². The fourth-order valence-corrected chi connectivity index (χ4v) is 3.80. The number of oxazole rings is 1. The Morgan fingerprint density at radius 1 is 1.63 bits per heavy atom. The van der Waals surface area contributed by atoms with Crippen LogP contribution in [0.25, 0.3) is 0 Å². The molecule has 0 aromatic carbocycles. The smallest absolute Gasteiger partial charge is 0.256 e. The van der Waals surface area contributed by atoms with E-state index in [2.05, 4.69) is 10.3 Å². The summed E-state index contributed by atoms with van der Waals surface area (Å²) < 4.78 is 5.58. The van der Waals surface area contributed by atoms with E-state index in [0.717, 1.165) is 37.3 Å². The summed E-state index contributed by atoms with van der Waals surface area (Å²) in [5.41, 5.74) is 5.92. The minimum Gasteiger partial charge on any atom is -0.437 e. The molecule has 0 spiro atoms. The second kappa shape index (κ2) is 5.54. The Morgan fingerprint density at radius 3 is 2.89 bits per heavy atom. The van der Waals surface area contributed by atoms with E-state index in [0.29, 0.717) is 10.5 Å². The topological polar surface area (TPSA) is 81.1 Å². The van der Waals surface area contributed by atoms with Crippen molar-refractivity contribution in [1.82, 2.24) is 10.3 Å². The average molecular weight is 283 g/mol. The zero-order valence-corrected chi connectivity index (χ0v) is 12.5. The van der Waals surface area contributed by atoms with Crippen molar-refractivity contribution in [2.75, 3.05) is 6.54 Å². The molecule has 2 atom stereocenters. The van der Waals surface area contributed by atoms with Gasteiger partial charge in [0.05, 0.1) is 11.2 Å². The summed E-state index contributed by atoms with van der Waals surface area (Å²) in [6, 6.07) is 0. The number of likely N-dealkylation sites (N-methyl/N-ethyl adjacent to an activating group) is 1. The van der Waals surface area contributed by atoms with Crippen LogP contribution in [0, 0.1) is 13.8 Å². The highest BCUT2D eigenvalue weighted by Gasteiger charge is 2.44. The highest BCUT2D eigenvalue weighted by molar-refractivity contribution is 7.99. The number of thioether (sulfide) groups is 1. The summed E-state index contributed by atoms with van der Waals surface area (Å²) in [6.45, 7) is 6.58. The first-order valence-corrected chi connectivity index (χ1v) is 7.50. The molecule has 6 heteroatoms. The Hall–Kier alpha value is -1.01. The lowest BCUT2D eigenvalue weighted by atomic mass is 9.97. The van der Waals surface area contributed by atoms with Crippen molar-refractivity contribution in [3.63, 3.8) is 0 Å². The quantitative estimate of drug-likeness (QED) is 0.860. The zero-order valence-electron chi connectivity index (χ0n) is 11.7. The molecule has 0 bridgehead atoms. The summed E-state index contributed by atoms with van der Waals surface area (Å²) in [6.07, 6.45) is 2.47. The molecule has 19 heavy (non-hydrogen) atoms. The SMILES string of the molecule is CCNC1(C(N)=O)CCC(Sc2nc(C)c(C)o2)C1. The molecule has 0 aliphatic heterocycles. The van der Waals surface area contributed by atoms with E-state index in [9.17, 15) is 4.79 Å². The number of amides is 1. The summed E-state index contributed by atoms with van der Waals surface area (Å²) >= 11 is 1.61. The number of carbonyl (C=O) groups is 1. The molecule has 1 amide bonds. The maximum atomic E-state index is 11.7. The lowest BCUT2D eigenvalue weighted by Crippen LogP contribution is -2.53.